The highest BCUT2D eigenvalue weighted by atomic mass is 16.5. The van der Waals surface area contributed by atoms with Crippen LogP contribution in [0.2, 0.25) is 0 Å². The van der Waals surface area contributed by atoms with Gasteiger partial charge in [0.25, 0.3) is 0 Å². The van der Waals surface area contributed by atoms with Crippen LogP contribution < -0.4 is 15.4 Å². The molecule has 1 atom stereocenters. The molecule has 3 N–H and O–H groups in total. The van der Waals surface area contributed by atoms with Crippen molar-refractivity contribution in [1.29, 1.82) is 0 Å². The molecule has 1 fully saturated rings. The minimum atomic E-state index is -0.744. The van der Waals surface area contributed by atoms with Crippen LogP contribution in [0, 0.1) is 5.41 Å². The summed E-state index contributed by atoms with van der Waals surface area (Å²) < 4.78 is 5.12. The van der Waals surface area contributed by atoms with E-state index in [4.69, 9.17) is 4.74 Å². The van der Waals surface area contributed by atoms with Crippen LogP contribution in [-0.4, -0.2) is 31.3 Å². The number of carbonyl (C=O) groups is 1. The number of hydrogen-bond acceptors (Lipinski definition) is 3. The van der Waals surface area contributed by atoms with E-state index in [0.29, 0.717) is 17.7 Å². The van der Waals surface area contributed by atoms with Gasteiger partial charge in [-0.3, -0.25) is 0 Å². The van der Waals surface area contributed by atoms with Gasteiger partial charge in [-0.25, -0.2) is 4.79 Å². The van der Waals surface area contributed by atoms with E-state index in [-0.39, 0.29) is 12.6 Å². The van der Waals surface area contributed by atoms with Crippen molar-refractivity contribution in [2.75, 3.05) is 20.2 Å². The molecule has 116 valence electrons. The van der Waals surface area contributed by atoms with Gasteiger partial charge in [-0.2, -0.15) is 0 Å². The highest BCUT2D eigenvalue weighted by Crippen LogP contribution is 2.47. The van der Waals surface area contributed by atoms with Crippen LogP contribution in [0.4, 0.5) is 4.79 Å². The summed E-state index contributed by atoms with van der Waals surface area (Å²) in [5, 5.41) is 15.7. The first-order chi connectivity index (χ1) is 10.1. The van der Waals surface area contributed by atoms with Crippen LogP contribution in [0.15, 0.2) is 24.3 Å². The summed E-state index contributed by atoms with van der Waals surface area (Å²) in [6.45, 7) is 3.04. The lowest BCUT2D eigenvalue weighted by Crippen LogP contribution is -2.40. The predicted octanol–water partition coefficient (Wildman–Crippen LogP) is 2.22. The molecule has 0 aliphatic heterocycles. The summed E-state index contributed by atoms with van der Waals surface area (Å²) in [4.78, 5) is 11.7. The van der Waals surface area contributed by atoms with E-state index in [1.807, 2.05) is 18.2 Å². The summed E-state index contributed by atoms with van der Waals surface area (Å²) in [7, 11) is 1.58. The molecule has 5 nitrogen and oxygen atoms in total. The number of benzene rings is 1. The van der Waals surface area contributed by atoms with Crippen molar-refractivity contribution in [2.45, 2.75) is 32.3 Å². The molecule has 5 heteroatoms. The SMILES string of the molecule is CCC1(CNC(=O)NCC(O)c2cccc(OC)c2)CC1. The van der Waals surface area contributed by atoms with E-state index in [9.17, 15) is 9.90 Å². The van der Waals surface area contributed by atoms with Gasteiger partial charge in [0.2, 0.25) is 0 Å². The van der Waals surface area contributed by atoms with E-state index < -0.39 is 6.10 Å². The highest BCUT2D eigenvalue weighted by Gasteiger charge is 2.40. The Labute approximate surface area is 125 Å². The third kappa shape index (κ3) is 4.36. The number of urea groups is 1. The Kier molecular flexibility index (Phi) is 5.07. The van der Waals surface area contributed by atoms with Gasteiger partial charge in [-0.15, -0.1) is 0 Å². The van der Waals surface area contributed by atoms with Crippen molar-refractivity contribution < 1.29 is 14.6 Å². The standard InChI is InChI=1S/C16H24N2O3/c1-3-16(7-8-16)11-18-15(20)17-10-14(19)12-5-4-6-13(9-12)21-2/h4-6,9,14,19H,3,7-8,10-11H2,1-2H3,(H2,17,18,20). The van der Waals surface area contributed by atoms with E-state index >= 15 is 0 Å². The lowest BCUT2D eigenvalue weighted by atomic mass is 10.0. The Bertz CT molecular complexity index is 486. The molecule has 1 saturated carbocycles. The molecule has 2 rings (SSSR count). The maximum atomic E-state index is 11.7. The average molecular weight is 292 g/mol. The number of methoxy groups -OCH3 is 1. The number of hydrogen-bond donors (Lipinski definition) is 3. The third-order valence-electron chi connectivity index (χ3n) is 4.27. The summed E-state index contributed by atoms with van der Waals surface area (Å²) >= 11 is 0. The van der Waals surface area contributed by atoms with Gasteiger partial charge >= 0.3 is 6.03 Å². The summed E-state index contributed by atoms with van der Waals surface area (Å²) in [5.74, 6) is 0.689. The molecule has 1 aromatic carbocycles. The maximum Gasteiger partial charge on any atom is 0.314 e. The van der Waals surface area contributed by atoms with Gasteiger partial charge in [0.15, 0.2) is 0 Å². The van der Waals surface area contributed by atoms with Crippen molar-refractivity contribution >= 4 is 6.03 Å². The van der Waals surface area contributed by atoms with Crippen molar-refractivity contribution in [3.63, 3.8) is 0 Å². The molecule has 1 unspecified atom stereocenters. The fraction of sp³-hybridized carbons (Fsp3) is 0.562. The van der Waals surface area contributed by atoms with Gasteiger partial charge < -0.3 is 20.5 Å². The van der Waals surface area contributed by atoms with Crippen LogP contribution in [0.25, 0.3) is 0 Å². The Hall–Kier alpha value is -1.75. The molecule has 2 amide bonds. The fourth-order valence-corrected chi connectivity index (χ4v) is 2.32. The monoisotopic (exact) mass is 292 g/mol. The quantitative estimate of drug-likeness (QED) is 0.721. The Balaban J connectivity index is 1.75. The van der Waals surface area contributed by atoms with Crippen LogP contribution in [0.3, 0.4) is 0 Å². The number of amides is 2. The molecule has 1 aliphatic rings. The first-order valence-electron chi connectivity index (χ1n) is 7.42. The highest BCUT2D eigenvalue weighted by molar-refractivity contribution is 5.73. The first kappa shape index (κ1) is 15.6. The lowest BCUT2D eigenvalue weighted by Gasteiger charge is -2.16. The second-order valence-electron chi connectivity index (χ2n) is 5.71. The average Bonchev–Trinajstić information content (AvgIpc) is 3.31. The number of carbonyl (C=O) groups excluding carboxylic acids is 1. The third-order valence-corrected chi connectivity index (χ3v) is 4.27. The van der Waals surface area contributed by atoms with E-state index in [2.05, 4.69) is 17.6 Å². The number of rotatable bonds is 7. The predicted molar refractivity (Wildman–Crippen MR) is 81.3 cm³/mol. The molecule has 0 saturated heterocycles. The molecule has 1 aliphatic carbocycles. The van der Waals surface area contributed by atoms with Crippen molar-refractivity contribution in [1.82, 2.24) is 10.6 Å². The lowest BCUT2D eigenvalue weighted by molar-refractivity contribution is 0.172. The van der Waals surface area contributed by atoms with Crippen molar-refractivity contribution in [2.24, 2.45) is 5.41 Å². The van der Waals surface area contributed by atoms with Crippen molar-refractivity contribution in [3.05, 3.63) is 29.8 Å². The fourth-order valence-electron chi connectivity index (χ4n) is 2.32. The second kappa shape index (κ2) is 6.80. The molecule has 1 aromatic rings. The summed E-state index contributed by atoms with van der Waals surface area (Å²) in [6.07, 6.45) is 2.73. The van der Waals surface area contributed by atoms with E-state index in [1.165, 1.54) is 12.8 Å². The van der Waals surface area contributed by atoms with Gasteiger partial charge in [0.05, 0.1) is 13.2 Å². The number of ether oxygens (including phenoxy) is 1. The summed E-state index contributed by atoms with van der Waals surface area (Å²) in [6, 6.07) is 6.98. The molecule has 0 radical (unpaired) electrons. The zero-order valence-corrected chi connectivity index (χ0v) is 12.7. The number of nitrogens with one attached hydrogen (secondary N) is 2. The smallest absolute Gasteiger partial charge is 0.314 e. The van der Waals surface area contributed by atoms with Gasteiger partial charge in [0.1, 0.15) is 5.75 Å². The van der Waals surface area contributed by atoms with Crippen LogP contribution >= 0.6 is 0 Å². The molecule has 0 heterocycles. The Morgan fingerprint density at radius 2 is 2.19 bits per heavy atom. The maximum absolute atomic E-state index is 11.7. The summed E-state index contributed by atoms with van der Waals surface area (Å²) in [5.41, 5.74) is 1.05. The zero-order chi connectivity index (χ0) is 15.3. The van der Waals surface area contributed by atoms with Crippen LogP contribution in [0.1, 0.15) is 37.9 Å². The van der Waals surface area contributed by atoms with Gasteiger partial charge in [-0.1, -0.05) is 19.1 Å². The largest absolute Gasteiger partial charge is 0.497 e. The van der Waals surface area contributed by atoms with E-state index in [1.54, 1.807) is 13.2 Å². The molecular formula is C16H24N2O3. The van der Waals surface area contributed by atoms with Crippen LogP contribution in [-0.2, 0) is 0 Å². The number of aliphatic hydroxyl groups excluding tert-OH is 1. The minimum Gasteiger partial charge on any atom is -0.497 e. The molecule has 21 heavy (non-hydrogen) atoms. The number of aliphatic hydroxyl groups is 1. The van der Waals surface area contributed by atoms with Crippen LogP contribution in [0.5, 0.6) is 5.75 Å². The normalized spacial score (nSPS) is 16.9. The Morgan fingerprint density at radius 1 is 1.43 bits per heavy atom. The molecule has 0 aromatic heterocycles. The van der Waals surface area contributed by atoms with Gasteiger partial charge in [0, 0.05) is 13.1 Å². The zero-order valence-electron chi connectivity index (χ0n) is 12.7. The second-order valence-corrected chi connectivity index (χ2v) is 5.71. The Morgan fingerprint density at radius 3 is 2.81 bits per heavy atom. The first-order valence-corrected chi connectivity index (χ1v) is 7.42. The topological polar surface area (TPSA) is 70.6 Å². The van der Waals surface area contributed by atoms with Crippen molar-refractivity contribution in [3.8, 4) is 5.75 Å². The van der Waals surface area contributed by atoms with Gasteiger partial charge in [-0.05, 0) is 42.4 Å². The molecule has 0 spiro atoms. The minimum absolute atomic E-state index is 0.179. The van der Waals surface area contributed by atoms with E-state index in [0.717, 1.165) is 12.0 Å². The molecule has 0 bridgehead atoms. The molecular weight excluding hydrogens is 268 g/mol.